The fraction of sp³-hybridized carbons (Fsp3) is 0.130. The number of nitrogens with zero attached hydrogens (tertiary/aromatic N) is 1. The fourth-order valence-electron chi connectivity index (χ4n) is 3.02. The number of hydrogen-bond donors (Lipinski definition) is 1. The number of hydrogen-bond acceptors (Lipinski definition) is 5. The molecule has 0 spiro atoms. The van der Waals surface area contributed by atoms with Gasteiger partial charge in [0, 0.05) is 10.4 Å². The topological polar surface area (TPSA) is 77.0 Å². The van der Waals surface area contributed by atoms with E-state index in [1.807, 2.05) is 25.1 Å². The van der Waals surface area contributed by atoms with Gasteiger partial charge >= 0.3 is 0 Å². The fourth-order valence-corrected chi connectivity index (χ4v) is 3.19. The van der Waals surface area contributed by atoms with Gasteiger partial charge in [-0.15, -0.1) is 0 Å². The summed E-state index contributed by atoms with van der Waals surface area (Å²) in [5, 5.41) is 4.10. The number of benzene rings is 2. The average Bonchev–Trinajstić information content (AvgIpc) is 3.27. The Labute approximate surface area is 177 Å². The van der Waals surface area contributed by atoms with E-state index in [0.29, 0.717) is 33.4 Å². The van der Waals surface area contributed by atoms with Crippen LogP contribution in [0.3, 0.4) is 0 Å². The number of furan rings is 1. The molecular weight excluding hydrogens is 404 g/mol. The van der Waals surface area contributed by atoms with Crippen molar-refractivity contribution in [3.63, 3.8) is 0 Å². The van der Waals surface area contributed by atoms with Gasteiger partial charge in [-0.25, -0.2) is 4.99 Å². The normalized spacial score (nSPS) is 11.6. The Balaban J connectivity index is 1.86. The summed E-state index contributed by atoms with van der Waals surface area (Å²) in [7, 11) is 1.56. The molecule has 0 saturated heterocycles. The molecular formula is C23H19ClN2O4. The van der Waals surface area contributed by atoms with E-state index in [2.05, 4.69) is 10.3 Å². The maximum atomic E-state index is 13.0. The lowest BCUT2D eigenvalue weighted by atomic mass is 10.1. The first-order valence-corrected chi connectivity index (χ1v) is 9.65. The summed E-state index contributed by atoms with van der Waals surface area (Å²) in [6.07, 6.45) is 1.56. The van der Waals surface area contributed by atoms with Crippen LogP contribution < -0.4 is 15.6 Å². The highest BCUT2D eigenvalue weighted by Gasteiger charge is 2.15. The number of para-hydroxylation sites is 1. The van der Waals surface area contributed by atoms with E-state index in [-0.39, 0.29) is 18.0 Å². The number of methoxy groups -OCH3 is 1. The Bertz CT molecular complexity index is 1280. The molecule has 30 heavy (non-hydrogen) atoms. The number of rotatable bonds is 5. The highest BCUT2D eigenvalue weighted by atomic mass is 35.5. The lowest BCUT2D eigenvalue weighted by molar-refractivity contribution is 0.0944. The molecule has 2 aromatic heterocycles. The lowest BCUT2D eigenvalue weighted by Gasteiger charge is -2.09. The van der Waals surface area contributed by atoms with Crippen molar-refractivity contribution in [2.24, 2.45) is 4.99 Å². The van der Waals surface area contributed by atoms with Crippen LogP contribution in [0, 0.1) is 6.92 Å². The second-order valence-electron chi connectivity index (χ2n) is 6.65. The standard InChI is InChI=1S/C23H19ClN2O4/c1-14-8-9-16(24)12-19(14)26-23-18(22(27)25-13-17-6-4-10-29-17)11-15-5-3-7-20(28-2)21(15)30-23/h3-12H,13H2,1-2H3,(H,25,27). The molecule has 7 heteroatoms. The maximum absolute atomic E-state index is 13.0. The van der Waals surface area contributed by atoms with Gasteiger partial charge in [-0.05, 0) is 48.9 Å². The van der Waals surface area contributed by atoms with E-state index in [1.54, 1.807) is 49.8 Å². The molecule has 6 nitrogen and oxygen atoms in total. The number of halogens is 1. The van der Waals surface area contributed by atoms with Gasteiger partial charge in [-0.3, -0.25) is 4.79 Å². The van der Waals surface area contributed by atoms with Crippen LogP contribution in [-0.4, -0.2) is 13.0 Å². The van der Waals surface area contributed by atoms with Crippen molar-refractivity contribution >= 4 is 34.2 Å². The van der Waals surface area contributed by atoms with Crippen molar-refractivity contribution < 1.29 is 18.4 Å². The quantitative estimate of drug-likeness (QED) is 0.482. The van der Waals surface area contributed by atoms with Crippen LogP contribution in [-0.2, 0) is 6.54 Å². The van der Waals surface area contributed by atoms with Crippen LogP contribution in [0.25, 0.3) is 11.0 Å². The Morgan fingerprint density at radius 3 is 2.80 bits per heavy atom. The summed E-state index contributed by atoms with van der Waals surface area (Å²) in [6, 6.07) is 16.1. The smallest absolute Gasteiger partial charge is 0.257 e. The number of aryl methyl sites for hydroxylation is 1. The first-order valence-electron chi connectivity index (χ1n) is 9.27. The van der Waals surface area contributed by atoms with Gasteiger partial charge in [0.15, 0.2) is 11.3 Å². The average molecular weight is 423 g/mol. The number of fused-ring (bicyclic) bond motifs is 1. The summed E-state index contributed by atoms with van der Waals surface area (Å²) in [5.74, 6) is 0.861. The molecule has 1 amide bonds. The van der Waals surface area contributed by atoms with Gasteiger partial charge in [-0.2, -0.15) is 0 Å². The number of ether oxygens (including phenoxy) is 1. The second kappa shape index (κ2) is 8.47. The van der Waals surface area contributed by atoms with Crippen LogP contribution in [0.15, 0.2) is 74.7 Å². The molecule has 0 unspecified atom stereocenters. The van der Waals surface area contributed by atoms with Crippen molar-refractivity contribution in [2.75, 3.05) is 7.11 Å². The Hall–Kier alpha value is -3.51. The molecule has 0 radical (unpaired) electrons. The van der Waals surface area contributed by atoms with Crippen molar-refractivity contribution in [3.8, 4) is 5.75 Å². The van der Waals surface area contributed by atoms with E-state index in [1.165, 1.54) is 0 Å². The number of amides is 1. The van der Waals surface area contributed by atoms with E-state index < -0.39 is 0 Å². The van der Waals surface area contributed by atoms with Crippen molar-refractivity contribution in [1.29, 1.82) is 0 Å². The monoisotopic (exact) mass is 422 g/mol. The van der Waals surface area contributed by atoms with Crippen molar-refractivity contribution in [1.82, 2.24) is 5.32 Å². The molecule has 0 aliphatic carbocycles. The molecule has 0 fully saturated rings. The molecule has 152 valence electrons. The molecule has 4 aromatic rings. The minimum absolute atomic E-state index is 0.161. The molecule has 0 aliphatic heterocycles. The zero-order valence-corrected chi connectivity index (χ0v) is 17.2. The summed E-state index contributed by atoms with van der Waals surface area (Å²) in [5.41, 5.74) is 2.47. The zero-order valence-electron chi connectivity index (χ0n) is 16.4. The molecule has 0 bridgehead atoms. The van der Waals surface area contributed by atoms with E-state index in [9.17, 15) is 4.79 Å². The highest BCUT2D eigenvalue weighted by Crippen LogP contribution is 2.26. The predicted octanol–water partition coefficient (Wildman–Crippen LogP) is 5.16. The van der Waals surface area contributed by atoms with Crippen LogP contribution in [0.2, 0.25) is 5.02 Å². The van der Waals surface area contributed by atoms with Gasteiger partial charge in [0.05, 0.1) is 25.6 Å². The van der Waals surface area contributed by atoms with Crippen LogP contribution in [0.1, 0.15) is 21.7 Å². The van der Waals surface area contributed by atoms with E-state index >= 15 is 0 Å². The van der Waals surface area contributed by atoms with Crippen LogP contribution in [0.5, 0.6) is 5.75 Å². The largest absolute Gasteiger partial charge is 0.493 e. The molecule has 4 rings (SSSR count). The second-order valence-corrected chi connectivity index (χ2v) is 7.08. The van der Waals surface area contributed by atoms with Gasteiger partial charge < -0.3 is 18.9 Å². The summed E-state index contributed by atoms with van der Waals surface area (Å²) in [4.78, 5) is 17.6. The third-order valence-corrected chi connectivity index (χ3v) is 4.83. The van der Waals surface area contributed by atoms with Gasteiger partial charge in [0.2, 0.25) is 5.55 Å². The SMILES string of the molecule is COc1cccc2cc(C(=O)NCc3ccco3)c(=Nc3cc(Cl)ccc3C)oc12. The van der Waals surface area contributed by atoms with Crippen LogP contribution >= 0.6 is 11.6 Å². The third kappa shape index (κ3) is 4.09. The number of carbonyl (C=O) groups excluding carboxylic acids is 1. The van der Waals surface area contributed by atoms with E-state index in [4.69, 9.17) is 25.2 Å². The maximum Gasteiger partial charge on any atom is 0.257 e. The number of nitrogens with one attached hydrogen (secondary N) is 1. The minimum Gasteiger partial charge on any atom is -0.493 e. The Morgan fingerprint density at radius 2 is 2.03 bits per heavy atom. The molecule has 0 atom stereocenters. The molecule has 0 saturated carbocycles. The molecule has 2 aromatic carbocycles. The Kier molecular flexibility index (Phi) is 5.59. The van der Waals surface area contributed by atoms with Crippen LogP contribution in [0.4, 0.5) is 5.69 Å². The molecule has 1 N–H and O–H groups in total. The predicted molar refractivity (Wildman–Crippen MR) is 114 cm³/mol. The van der Waals surface area contributed by atoms with Gasteiger partial charge in [-0.1, -0.05) is 29.8 Å². The molecule has 2 heterocycles. The first-order chi connectivity index (χ1) is 14.5. The third-order valence-electron chi connectivity index (χ3n) is 4.60. The van der Waals surface area contributed by atoms with Gasteiger partial charge in [0.25, 0.3) is 5.91 Å². The zero-order chi connectivity index (χ0) is 21.1. The lowest BCUT2D eigenvalue weighted by Crippen LogP contribution is -2.28. The van der Waals surface area contributed by atoms with Gasteiger partial charge in [0.1, 0.15) is 11.3 Å². The van der Waals surface area contributed by atoms with Crippen molar-refractivity contribution in [2.45, 2.75) is 13.5 Å². The van der Waals surface area contributed by atoms with Crippen molar-refractivity contribution in [3.05, 3.63) is 88.3 Å². The Morgan fingerprint density at radius 1 is 1.17 bits per heavy atom. The highest BCUT2D eigenvalue weighted by molar-refractivity contribution is 6.30. The summed E-state index contributed by atoms with van der Waals surface area (Å²) < 4.78 is 16.7. The summed E-state index contributed by atoms with van der Waals surface area (Å²) in [6.45, 7) is 2.16. The van der Waals surface area contributed by atoms with E-state index in [0.717, 1.165) is 10.9 Å². The number of carbonyl (C=O) groups is 1. The summed E-state index contributed by atoms with van der Waals surface area (Å²) >= 11 is 6.13. The minimum atomic E-state index is -0.335. The first kappa shape index (κ1) is 19.8. The molecule has 0 aliphatic rings.